The number of aryl methyl sites for hydroxylation is 2. The molecule has 1 N–H and O–H groups in total. The molecule has 0 aliphatic carbocycles. The van der Waals surface area contributed by atoms with Gasteiger partial charge in [0.05, 0.1) is 18.1 Å². The fraction of sp³-hybridized carbons (Fsp3) is 0.273. The molecule has 0 saturated heterocycles. The van der Waals surface area contributed by atoms with E-state index in [1.165, 1.54) is 11.8 Å². The van der Waals surface area contributed by atoms with Gasteiger partial charge in [0.15, 0.2) is 0 Å². The molecule has 1 unspecified atom stereocenters. The first-order valence-electron chi connectivity index (χ1n) is 9.05. The molecule has 5 nitrogen and oxygen atoms in total. The Morgan fingerprint density at radius 2 is 1.86 bits per heavy atom. The summed E-state index contributed by atoms with van der Waals surface area (Å²) in [5, 5.41) is 2.83. The molecule has 3 rings (SSSR count). The number of rotatable bonds is 7. The Hall–Kier alpha value is -2.73. The summed E-state index contributed by atoms with van der Waals surface area (Å²) in [5.74, 6) is 1.93. The Balaban J connectivity index is 1.58. The minimum absolute atomic E-state index is 0.0127. The molecule has 6 heteroatoms. The van der Waals surface area contributed by atoms with Crippen LogP contribution in [0.2, 0.25) is 0 Å². The average molecular weight is 397 g/mol. The number of aromatic nitrogens is 1. The minimum atomic E-state index is -0.208. The Kier molecular flexibility index (Phi) is 6.41. The number of nitrogens with zero attached hydrogens (tertiary/aromatic N) is 1. The molecule has 146 valence electrons. The standard InChI is InChI=1S/C22H24N2O3S/c1-14-6-5-7-15(2)20(14)24-21(25)16(3)28-13-18-12-27-22(23-18)17-8-10-19(26-4)11-9-17/h5-12,16H,13H2,1-4H3,(H,24,25). The lowest BCUT2D eigenvalue weighted by molar-refractivity contribution is -0.115. The first kappa shape index (κ1) is 20.0. The van der Waals surface area contributed by atoms with Crippen molar-refractivity contribution in [1.82, 2.24) is 4.98 Å². The van der Waals surface area contributed by atoms with Crippen molar-refractivity contribution in [2.75, 3.05) is 12.4 Å². The van der Waals surface area contributed by atoms with Crippen molar-refractivity contribution in [3.63, 3.8) is 0 Å². The maximum Gasteiger partial charge on any atom is 0.237 e. The molecule has 1 heterocycles. The second kappa shape index (κ2) is 8.97. The number of amides is 1. The van der Waals surface area contributed by atoms with Crippen LogP contribution in [0.1, 0.15) is 23.7 Å². The molecule has 1 amide bonds. The van der Waals surface area contributed by atoms with Gasteiger partial charge in [0.1, 0.15) is 12.0 Å². The molecule has 0 aliphatic heterocycles. The molecule has 1 atom stereocenters. The van der Waals surface area contributed by atoms with Crippen LogP contribution in [0, 0.1) is 13.8 Å². The maximum atomic E-state index is 12.5. The Morgan fingerprint density at radius 3 is 2.50 bits per heavy atom. The monoisotopic (exact) mass is 396 g/mol. The molecule has 0 fully saturated rings. The molecule has 1 aromatic heterocycles. The molecule has 0 bridgehead atoms. The first-order chi connectivity index (χ1) is 13.5. The van der Waals surface area contributed by atoms with Crippen molar-refractivity contribution >= 4 is 23.4 Å². The summed E-state index contributed by atoms with van der Waals surface area (Å²) in [6.45, 7) is 5.89. The number of carbonyl (C=O) groups is 1. The van der Waals surface area contributed by atoms with Gasteiger partial charge in [-0.15, -0.1) is 11.8 Å². The summed E-state index contributed by atoms with van der Waals surface area (Å²) in [4.78, 5) is 17.1. The third kappa shape index (κ3) is 4.75. The number of hydrogen-bond acceptors (Lipinski definition) is 5. The molecule has 0 saturated carbocycles. The second-order valence-electron chi connectivity index (χ2n) is 6.58. The van der Waals surface area contributed by atoms with Gasteiger partial charge in [-0.1, -0.05) is 18.2 Å². The van der Waals surface area contributed by atoms with Crippen LogP contribution in [0.25, 0.3) is 11.5 Å². The SMILES string of the molecule is COc1ccc(-c2nc(CSC(C)C(=O)Nc3c(C)cccc3C)co2)cc1. The molecule has 2 aromatic carbocycles. The highest BCUT2D eigenvalue weighted by Gasteiger charge is 2.17. The third-order valence-electron chi connectivity index (χ3n) is 4.47. The maximum absolute atomic E-state index is 12.5. The van der Waals surface area contributed by atoms with E-state index < -0.39 is 0 Å². The van der Waals surface area contributed by atoms with E-state index in [4.69, 9.17) is 9.15 Å². The molecular weight excluding hydrogens is 372 g/mol. The molecular formula is C22H24N2O3S. The van der Waals surface area contributed by atoms with Crippen molar-refractivity contribution in [1.29, 1.82) is 0 Å². The highest BCUT2D eigenvalue weighted by atomic mass is 32.2. The Morgan fingerprint density at radius 1 is 1.18 bits per heavy atom. The minimum Gasteiger partial charge on any atom is -0.497 e. The summed E-state index contributed by atoms with van der Waals surface area (Å²) < 4.78 is 10.7. The van der Waals surface area contributed by atoms with E-state index in [0.29, 0.717) is 11.6 Å². The highest BCUT2D eigenvalue weighted by Crippen LogP contribution is 2.25. The van der Waals surface area contributed by atoms with E-state index in [0.717, 1.165) is 33.8 Å². The lowest BCUT2D eigenvalue weighted by atomic mass is 10.1. The zero-order valence-electron chi connectivity index (χ0n) is 16.5. The van der Waals surface area contributed by atoms with Crippen molar-refractivity contribution in [2.45, 2.75) is 31.8 Å². The van der Waals surface area contributed by atoms with Gasteiger partial charge in [0, 0.05) is 17.0 Å². The number of para-hydroxylation sites is 1. The van der Waals surface area contributed by atoms with Crippen molar-refractivity contribution in [3.05, 3.63) is 65.5 Å². The zero-order valence-corrected chi connectivity index (χ0v) is 17.3. The van der Waals surface area contributed by atoms with Crippen molar-refractivity contribution in [3.8, 4) is 17.2 Å². The second-order valence-corrected chi connectivity index (χ2v) is 7.91. The fourth-order valence-corrected chi connectivity index (χ4v) is 3.53. The summed E-state index contributed by atoms with van der Waals surface area (Å²) in [5.41, 5.74) is 4.71. The normalized spacial score (nSPS) is 11.9. The first-order valence-corrected chi connectivity index (χ1v) is 10.1. The largest absolute Gasteiger partial charge is 0.497 e. The fourth-order valence-electron chi connectivity index (χ4n) is 2.76. The Bertz CT molecular complexity index is 930. The van der Waals surface area contributed by atoms with Crippen LogP contribution in [0.15, 0.2) is 53.1 Å². The van der Waals surface area contributed by atoms with Gasteiger partial charge >= 0.3 is 0 Å². The molecule has 0 radical (unpaired) electrons. The van der Waals surface area contributed by atoms with Gasteiger partial charge in [0.2, 0.25) is 11.8 Å². The number of anilines is 1. The van der Waals surface area contributed by atoms with Crippen LogP contribution in [0.4, 0.5) is 5.69 Å². The smallest absolute Gasteiger partial charge is 0.237 e. The lowest BCUT2D eigenvalue weighted by Gasteiger charge is -2.15. The molecule has 0 spiro atoms. The topological polar surface area (TPSA) is 64.4 Å². The van der Waals surface area contributed by atoms with Crippen LogP contribution in [-0.2, 0) is 10.5 Å². The summed E-state index contributed by atoms with van der Waals surface area (Å²) in [6, 6.07) is 13.5. The number of ether oxygens (including phenoxy) is 1. The summed E-state index contributed by atoms with van der Waals surface area (Å²) in [6.07, 6.45) is 1.64. The van der Waals surface area contributed by atoms with Gasteiger partial charge in [0.25, 0.3) is 0 Å². The van der Waals surface area contributed by atoms with E-state index in [2.05, 4.69) is 10.3 Å². The molecule has 3 aromatic rings. The van der Waals surface area contributed by atoms with E-state index in [-0.39, 0.29) is 11.2 Å². The molecule has 0 aliphatic rings. The Labute approximate surface area is 169 Å². The quantitative estimate of drug-likeness (QED) is 0.593. The number of oxazole rings is 1. The number of hydrogen-bond donors (Lipinski definition) is 1. The van der Waals surface area contributed by atoms with Gasteiger partial charge in [-0.3, -0.25) is 4.79 Å². The van der Waals surface area contributed by atoms with Gasteiger partial charge in [-0.2, -0.15) is 0 Å². The van der Waals surface area contributed by atoms with Crippen molar-refractivity contribution in [2.24, 2.45) is 0 Å². The van der Waals surface area contributed by atoms with Crippen LogP contribution in [-0.4, -0.2) is 23.3 Å². The van der Waals surface area contributed by atoms with Crippen LogP contribution in [0.5, 0.6) is 5.75 Å². The lowest BCUT2D eigenvalue weighted by Crippen LogP contribution is -2.23. The molecule has 28 heavy (non-hydrogen) atoms. The number of benzene rings is 2. The number of nitrogens with one attached hydrogen (secondary N) is 1. The number of carbonyl (C=O) groups excluding carboxylic acids is 1. The highest BCUT2D eigenvalue weighted by molar-refractivity contribution is 7.99. The van der Waals surface area contributed by atoms with Gasteiger partial charge in [-0.25, -0.2) is 4.98 Å². The zero-order chi connectivity index (χ0) is 20.1. The van der Waals surface area contributed by atoms with Crippen LogP contribution in [0.3, 0.4) is 0 Å². The van der Waals surface area contributed by atoms with Gasteiger partial charge in [-0.05, 0) is 56.2 Å². The van der Waals surface area contributed by atoms with Crippen LogP contribution >= 0.6 is 11.8 Å². The van der Waals surface area contributed by atoms with Gasteiger partial charge < -0.3 is 14.5 Å². The summed E-state index contributed by atoms with van der Waals surface area (Å²) in [7, 11) is 1.63. The summed E-state index contributed by atoms with van der Waals surface area (Å²) >= 11 is 1.53. The average Bonchev–Trinajstić information content (AvgIpc) is 3.18. The predicted octanol–water partition coefficient (Wildman–Crippen LogP) is 5.23. The van der Waals surface area contributed by atoms with E-state index >= 15 is 0 Å². The third-order valence-corrected chi connectivity index (χ3v) is 5.64. The number of thioether (sulfide) groups is 1. The number of methoxy groups -OCH3 is 1. The van der Waals surface area contributed by atoms with Crippen LogP contribution < -0.4 is 10.1 Å². The van der Waals surface area contributed by atoms with Crippen molar-refractivity contribution < 1.29 is 13.9 Å². The van der Waals surface area contributed by atoms with E-state index in [9.17, 15) is 4.79 Å². The van der Waals surface area contributed by atoms with E-state index in [1.807, 2.05) is 63.2 Å². The predicted molar refractivity (Wildman–Crippen MR) is 114 cm³/mol. The van der Waals surface area contributed by atoms with E-state index in [1.54, 1.807) is 13.4 Å².